The van der Waals surface area contributed by atoms with Gasteiger partial charge in [-0.15, -0.1) is 23.2 Å². The van der Waals surface area contributed by atoms with Gasteiger partial charge in [-0.3, -0.25) is 9.59 Å². The Labute approximate surface area is 221 Å². The molecule has 4 rings (SSSR count). The molecule has 0 heterocycles. The maximum atomic E-state index is 13.0. The van der Waals surface area contributed by atoms with Gasteiger partial charge in [0.2, 0.25) is 5.91 Å². The van der Waals surface area contributed by atoms with Crippen LogP contribution in [0.5, 0.6) is 5.75 Å². The summed E-state index contributed by atoms with van der Waals surface area (Å²) in [5, 5.41) is 6.59. The Morgan fingerprint density at radius 3 is 2.09 bits per heavy atom. The van der Waals surface area contributed by atoms with Crippen molar-refractivity contribution in [3.8, 4) is 5.75 Å². The summed E-state index contributed by atoms with van der Waals surface area (Å²) in [4.78, 5) is 25.7. The van der Waals surface area contributed by atoms with E-state index < -0.39 is 28.0 Å². The molecule has 5 nitrogen and oxygen atoms in total. The molecule has 1 fully saturated rings. The lowest BCUT2D eigenvalue weighted by Gasteiger charge is -2.11. The minimum Gasteiger partial charge on any atom is -0.497 e. The Bertz CT molecular complexity index is 1240. The predicted molar refractivity (Wildman–Crippen MR) is 138 cm³/mol. The second-order valence-corrected chi connectivity index (χ2v) is 10.4. The topological polar surface area (TPSA) is 67.4 Å². The monoisotopic (exact) mass is 556 g/mol. The standard InChI is InChI=1S/C24H17Cl5N2O3/c1-34-17-5-2-15(3-6-17)30-22(32)18-11-16(4-7-19(18)27)31-23(33)21-20(24(21,28)29)12-8-13(25)10-14(26)9-12/h2-11,20-21H,1H3,(H,30,32)(H,31,33)/t20-,21+/m0/s1. The van der Waals surface area contributed by atoms with Crippen molar-refractivity contribution in [1.29, 1.82) is 0 Å². The van der Waals surface area contributed by atoms with E-state index in [2.05, 4.69) is 10.6 Å². The molecular weight excluding hydrogens is 542 g/mol. The molecule has 1 aliphatic carbocycles. The van der Waals surface area contributed by atoms with Crippen LogP contribution in [0.15, 0.2) is 60.7 Å². The van der Waals surface area contributed by atoms with E-state index in [1.54, 1.807) is 55.6 Å². The molecule has 0 aromatic heterocycles. The summed E-state index contributed by atoms with van der Waals surface area (Å²) < 4.78 is 3.79. The van der Waals surface area contributed by atoms with Gasteiger partial charge in [-0.1, -0.05) is 34.8 Å². The second-order valence-electron chi connectivity index (χ2n) is 7.70. The highest BCUT2D eigenvalue weighted by Gasteiger charge is 2.67. The minimum absolute atomic E-state index is 0.187. The van der Waals surface area contributed by atoms with Crippen molar-refractivity contribution in [3.05, 3.63) is 86.9 Å². The SMILES string of the molecule is COc1ccc(NC(=O)c2cc(NC(=O)[C@H]3[C@H](c4cc(Cl)cc(Cl)c4)C3(Cl)Cl)ccc2Cl)cc1. The molecule has 0 radical (unpaired) electrons. The van der Waals surface area contributed by atoms with Crippen LogP contribution in [-0.2, 0) is 4.79 Å². The third-order valence-corrected chi connectivity index (χ3v) is 7.11. The number of benzene rings is 3. The fourth-order valence-electron chi connectivity index (χ4n) is 3.69. The van der Waals surface area contributed by atoms with Crippen molar-refractivity contribution in [2.45, 2.75) is 10.3 Å². The first-order valence-corrected chi connectivity index (χ1v) is 11.9. The number of anilines is 2. The van der Waals surface area contributed by atoms with E-state index in [4.69, 9.17) is 62.7 Å². The first kappa shape index (κ1) is 25.0. The van der Waals surface area contributed by atoms with Crippen LogP contribution in [0.4, 0.5) is 11.4 Å². The Balaban J connectivity index is 1.49. The molecule has 10 heteroatoms. The van der Waals surface area contributed by atoms with E-state index in [0.29, 0.717) is 32.7 Å². The van der Waals surface area contributed by atoms with Crippen LogP contribution in [0.1, 0.15) is 21.8 Å². The zero-order chi connectivity index (χ0) is 24.6. The molecule has 176 valence electrons. The zero-order valence-electron chi connectivity index (χ0n) is 17.5. The van der Waals surface area contributed by atoms with Gasteiger partial charge in [0.15, 0.2) is 0 Å². The van der Waals surface area contributed by atoms with E-state index in [1.165, 1.54) is 12.1 Å². The summed E-state index contributed by atoms with van der Waals surface area (Å²) in [5.41, 5.74) is 1.78. The Kier molecular flexibility index (Phi) is 7.22. The van der Waals surface area contributed by atoms with Gasteiger partial charge < -0.3 is 15.4 Å². The molecule has 2 atom stereocenters. The van der Waals surface area contributed by atoms with Crippen LogP contribution in [-0.4, -0.2) is 23.3 Å². The molecule has 3 aromatic carbocycles. The molecule has 0 spiro atoms. The third kappa shape index (κ3) is 5.24. The quantitative estimate of drug-likeness (QED) is 0.309. The van der Waals surface area contributed by atoms with Gasteiger partial charge in [0.25, 0.3) is 5.91 Å². The zero-order valence-corrected chi connectivity index (χ0v) is 21.3. The Morgan fingerprint density at radius 1 is 0.853 bits per heavy atom. The van der Waals surface area contributed by atoms with Crippen molar-refractivity contribution in [3.63, 3.8) is 0 Å². The van der Waals surface area contributed by atoms with Gasteiger partial charge in [0.05, 0.1) is 23.6 Å². The normalized spacial score (nSPS) is 18.2. The number of carbonyl (C=O) groups excluding carboxylic acids is 2. The highest BCUT2D eigenvalue weighted by atomic mass is 35.5. The number of hydrogen-bond acceptors (Lipinski definition) is 3. The molecule has 0 unspecified atom stereocenters. The van der Waals surface area contributed by atoms with Gasteiger partial charge in [-0.25, -0.2) is 0 Å². The van der Waals surface area contributed by atoms with Crippen molar-refractivity contribution in [2.75, 3.05) is 17.7 Å². The number of nitrogens with one attached hydrogen (secondary N) is 2. The lowest BCUT2D eigenvalue weighted by molar-refractivity contribution is -0.117. The smallest absolute Gasteiger partial charge is 0.257 e. The van der Waals surface area contributed by atoms with Gasteiger partial charge in [-0.2, -0.15) is 0 Å². The van der Waals surface area contributed by atoms with Crippen LogP contribution < -0.4 is 15.4 Å². The average Bonchev–Trinajstić information content (AvgIpc) is 3.37. The summed E-state index contributed by atoms with van der Waals surface area (Å²) in [7, 11) is 1.56. The predicted octanol–water partition coefficient (Wildman–Crippen LogP) is 7.43. The summed E-state index contributed by atoms with van der Waals surface area (Å²) in [6.07, 6.45) is 0. The lowest BCUT2D eigenvalue weighted by Crippen LogP contribution is -2.18. The van der Waals surface area contributed by atoms with Gasteiger partial charge in [0.1, 0.15) is 10.1 Å². The van der Waals surface area contributed by atoms with Crippen LogP contribution >= 0.6 is 58.0 Å². The minimum atomic E-state index is -1.32. The third-order valence-electron chi connectivity index (χ3n) is 5.41. The van der Waals surface area contributed by atoms with Gasteiger partial charge in [-0.05, 0) is 66.2 Å². The maximum absolute atomic E-state index is 13.0. The summed E-state index contributed by atoms with van der Waals surface area (Å²) >= 11 is 31.2. The molecule has 2 N–H and O–H groups in total. The van der Waals surface area contributed by atoms with Crippen LogP contribution in [0, 0.1) is 5.92 Å². The lowest BCUT2D eigenvalue weighted by atomic mass is 10.1. The van der Waals surface area contributed by atoms with Crippen molar-refractivity contribution in [1.82, 2.24) is 0 Å². The van der Waals surface area contributed by atoms with Gasteiger partial charge in [0, 0.05) is 27.3 Å². The number of ether oxygens (including phenoxy) is 1. The first-order chi connectivity index (χ1) is 16.1. The van der Waals surface area contributed by atoms with Crippen LogP contribution in [0.3, 0.4) is 0 Å². The van der Waals surface area contributed by atoms with E-state index >= 15 is 0 Å². The average molecular weight is 559 g/mol. The molecular formula is C24H17Cl5N2O3. The second kappa shape index (κ2) is 9.84. The number of hydrogen-bond donors (Lipinski definition) is 2. The highest BCUT2D eigenvalue weighted by molar-refractivity contribution is 6.53. The molecule has 1 saturated carbocycles. The van der Waals surface area contributed by atoms with Gasteiger partial charge >= 0.3 is 0 Å². The summed E-state index contributed by atoms with van der Waals surface area (Å²) in [6, 6.07) is 16.4. The number of halogens is 5. The van der Waals surface area contributed by atoms with Crippen LogP contribution in [0.25, 0.3) is 0 Å². The van der Waals surface area contributed by atoms with E-state index in [9.17, 15) is 9.59 Å². The van der Waals surface area contributed by atoms with E-state index in [1.807, 2.05) is 0 Å². The highest BCUT2D eigenvalue weighted by Crippen LogP contribution is 2.65. The molecule has 0 saturated heterocycles. The molecule has 0 bridgehead atoms. The summed E-state index contributed by atoms with van der Waals surface area (Å²) in [6.45, 7) is 0. The largest absolute Gasteiger partial charge is 0.497 e. The number of carbonyl (C=O) groups is 2. The number of methoxy groups -OCH3 is 1. The fraction of sp³-hybridized carbons (Fsp3) is 0.167. The number of rotatable bonds is 6. The summed E-state index contributed by atoms with van der Waals surface area (Å²) in [5.74, 6) is -1.41. The molecule has 3 aromatic rings. The van der Waals surface area contributed by atoms with E-state index in [0.717, 1.165) is 0 Å². The van der Waals surface area contributed by atoms with Crippen molar-refractivity contribution in [2.24, 2.45) is 5.92 Å². The van der Waals surface area contributed by atoms with Crippen molar-refractivity contribution < 1.29 is 14.3 Å². The Morgan fingerprint density at radius 2 is 1.47 bits per heavy atom. The molecule has 34 heavy (non-hydrogen) atoms. The molecule has 2 amide bonds. The fourth-order valence-corrected chi connectivity index (χ4v) is 5.27. The van der Waals surface area contributed by atoms with Crippen molar-refractivity contribution >= 4 is 81.2 Å². The number of alkyl halides is 2. The molecule has 1 aliphatic rings. The molecule has 0 aliphatic heterocycles. The number of amides is 2. The first-order valence-electron chi connectivity index (χ1n) is 10.00. The Hall–Kier alpha value is -2.15. The van der Waals surface area contributed by atoms with Crippen LogP contribution in [0.2, 0.25) is 15.1 Å². The van der Waals surface area contributed by atoms with E-state index in [-0.39, 0.29) is 10.6 Å². The maximum Gasteiger partial charge on any atom is 0.257 e.